The summed E-state index contributed by atoms with van der Waals surface area (Å²) >= 11 is 0. The Balaban J connectivity index is 1.88. The van der Waals surface area contributed by atoms with Crippen molar-refractivity contribution in [2.45, 2.75) is 18.9 Å². The third-order valence-corrected chi connectivity index (χ3v) is 2.34. The molecule has 2 unspecified atom stereocenters. The molecule has 3 N–H and O–H groups in total. The third kappa shape index (κ3) is 4.57. The Morgan fingerprint density at radius 3 is 3.00 bits per heavy atom. The van der Waals surface area contributed by atoms with E-state index in [9.17, 15) is 0 Å². The standard InChI is InChI=1S/C9H19NO3/c11-6-9(12)5-10-3-1-8-2-4-13-7-8/h8-12H,1-7H2. The number of aliphatic hydroxyl groups is 2. The van der Waals surface area contributed by atoms with E-state index in [1.807, 2.05) is 0 Å². The molecule has 1 fully saturated rings. The van der Waals surface area contributed by atoms with E-state index in [2.05, 4.69) is 5.32 Å². The van der Waals surface area contributed by atoms with Crippen molar-refractivity contribution in [1.29, 1.82) is 0 Å². The second kappa shape index (κ2) is 6.32. The molecule has 1 heterocycles. The Bertz CT molecular complexity index is 126. The smallest absolute Gasteiger partial charge is 0.0894 e. The molecule has 2 atom stereocenters. The topological polar surface area (TPSA) is 61.7 Å². The van der Waals surface area contributed by atoms with Gasteiger partial charge >= 0.3 is 0 Å². The molecular formula is C9H19NO3. The van der Waals surface area contributed by atoms with Crippen molar-refractivity contribution in [3.8, 4) is 0 Å². The van der Waals surface area contributed by atoms with Crippen molar-refractivity contribution in [2.24, 2.45) is 5.92 Å². The number of rotatable bonds is 6. The van der Waals surface area contributed by atoms with Crippen LogP contribution in [0, 0.1) is 5.92 Å². The van der Waals surface area contributed by atoms with Crippen molar-refractivity contribution in [2.75, 3.05) is 32.9 Å². The molecule has 13 heavy (non-hydrogen) atoms. The van der Waals surface area contributed by atoms with Crippen LogP contribution in [0.25, 0.3) is 0 Å². The summed E-state index contributed by atoms with van der Waals surface area (Å²) < 4.78 is 5.24. The van der Waals surface area contributed by atoms with Crippen LogP contribution >= 0.6 is 0 Å². The van der Waals surface area contributed by atoms with Gasteiger partial charge in [-0.1, -0.05) is 0 Å². The van der Waals surface area contributed by atoms with Gasteiger partial charge in [0.25, 0.3) is 0 Å². The molecule has 0 aromatic rings. The quantitative estimate of drug-likeness (QED) is 0.486. The number of aliphatic hydroxyl groups excluding tert-OH is 2. The summed E-state index contributed by atoms with van der Waals surface area (Å²) in [6.07, 6.45) is 1.63. The number of ether oxygens (including phenoxy) is 1. The molecule has 0 aromatic heterocycles. The summed E-state index contributed by atoms with van der Waals surface area (Å²) in [5.41, 5.74) is 0. The van der Waals surface area contributed by atoms with E-state index in [1.165, 1.54) is 0 Å². The van der Waals surface area contributed by atoms with Crippen LogP contribution in [0.4, 0.5) is 0 Å². The lowest BCUT2D eigenvalue weighted by molar-refractivity contribution is 0.0941. The van der Waals surface area contributed by atoms with Crippen LogP contribution in [0.2, 0.25) is 0 Å². The molecule has 1 saturated heterocycles. The third-order valence-electron chi connectivity index (χ3n) is 2.34. The summed E-state index contributed by atoms with van der Waals surface area (Å²) in [4.78, 5) is 0. The molecule has 4 heteroatoms. The van der Waals surface area contributed by atoms with Gasteiger partial charge in [0, 0.05) is 19.8 Å². The van der Waals surface area contributed by atoms with Crippen LogP contribution in [0.15, 0.2) is 0 Å². The van der Waals surface area contributed by atoms with Gasteiger partial charge in [-0.2, -0.15) is 0 Å². The molecule has 1 aliphatic heterocycles. The second-order valence-corrected chi connectivity index (χ2v) is 3.56. The molecule has 1 aliphatic rings. The highest BCUT2D eigenvalue weighted by molar-refractivity contribution is 4.66. The van der Waals surface area contributed by atoms with E-state index in [0.29, 0.717) is 12.5 Å². The largest absolute Gasteiger partial charge is 0.394 e. The number of nitrogens with one attached hydrogen (secondary N) is 1. The highest BCUT2D eigenvalue weighted by Gasteiger charge is 2.14. The van der Waals surface area contributed by atoms with Gasteiger partial charge in [-0.15, -0.1) is 0 Å². The lowest BCUT2D eigenvalue weighted by Crippen LogP contribution is -2.30. The first-order valence-corrected chi connectivity index (χ1v) is 4.90. The van der Waals surface area contributed by atoms with Gasteiger partial charge < -0.3 is 20.3 Å². The minimum absolute atomic E-state index is 0.167. The van der Waals surface area contributed by atoms with Crippen LogP contribution in [0.1, 0.15) is 12.8 Å². The zero-order chi connectivity index (χ0) is 9.52. The lowest BCUT2D eigenvalue weighted by atomic mass is 10.1. The first-order valence-electron chi connectivity index (χ1n) is 4.90. The van der Waals surface area contributed by atoms with E-state index in [-0.39, 0.29) is 6.61 Å². The van der Waals surface area contributed by atoms with Crippen molar-refractivity contribution < 1.29 is 14.9 Å². The maximum absolute atomic E-state index is 9.01. The average Bonchev–Trinajstić information content (AvgIpc) is 2.64. The van der Waals surface area contributed by atoms with Crippen LogP contribution < -0.4 is 5.32 Å². The first kappa shape index (κ1) is 10.9. The maximum Gasteiger partial charge on any atom is 0.0894 e. The van der Waals surface area contributed by atoms with E-state index in [4.69, 9.17) is 14.9 Å². The van der Waals surface area contributed by atoms with Crippen LogP contribution in [-0.4, -0.2) is 49.2 Å². The van der Waals surface area contributed by atoms with Gasteiger partial charge in [0.15, 0.2) is 0 Å². The van der Waals surface area contributed by atoms with Crippen molar-refractivity contribution in [1.82, 2.24) is 5.32 Å². The zero-order valence-electron chi connectivity index (χ0n) is 7.91. The molecule has 0 bridgehead atoms. The minimum atomic E-state index is -0.625. The van der Waals surface area contributed by atoms with Gasteiger partial charge in [0.1, 0.15) is 0 Å². The van der Waals surface area contributed by atoms with Crippen molar-refractivity contribution >= 4 is 0 Å². The Morgan fingerprint density at radius 1 is 1.54 bits per heavy atom. The summed E-state index contributed by atoms with van der Waals surface area (Å²) in [5, 5.41) is 20.6. The summed E-state index contributed by atoms with van der Waals surface area (Å²) in [6, 6.07) is 0. The first-order chi connectivity index (χ1) is 6.33. The van der Waals surface area contributed by atoms with E-state index in [0.717, 1.165) is 32.6 Å². The minimum Gasteiger partial charge on any atom is -0.394 e. The Hall–Kier alpha value is -0.160. The predicted molar refractivity (Wildman–Crippen MR) is 49.5 cm³/mol. The molecule has 0 aromatic carbocycles. The molecule has 4 nitrogen and oxygen atoms in total. The lowest BCUT2D eigenvalue weighted by Gasteiger charge is -2.10. The average molecular weight is 189 g/mol. The Morgan fingerprint density at radius 2 is 2.38 bits per heavy atom. The predicted octanol–water partition coefficient (Wildman–Crippen LogP) is -0.644. The normalized spacial score (nSPS) is 24.9. The van der Waals surface area contributed by atoms with Gasteiger partial charge in [0.05, 0.1) is 12.7 Å². The van der Waals surface area contributed by atoms with Crippen LogP contribution in [0.3, 0.4) is 0 Å². The molecule has 0 spiro atoms. The van der Waals surface area contributed by atoms with Crippen molar-refractivity contribution in [3.05, 3.63) is 0 Å². The van der Waals surface area contributed by atoms with E-state index < -0.39 is 6.10 Å². The van der Waals surface area contributed by atoms with Crippen LogP contribution in [-0.2, 0) is 4.74 Å². The molecule has 0 saturated carbocycles. The molecule has 0 aliphatic carbocycles. The van der Waals surface area contributed by atoms with E-state index >= 15 is 0 Å². The summed E-state index contributed by atoms with van der Waals surface area (Å²) in [7, 11) is 0. The highest BCUT2D eigenvalue weighted by atomic mass is 16.5. The van der Waals surface area contributed by atoms with Gasteiger partial charge in [-0.25, -0.2) is 0 Å². The SMILES string of the molecule is OCC(O)CNCCC1CCOC1. The molecule has 78 valence electrons. The van der Waals surface area contributed by atoms with Crippen molar-refractivity contribution in [3.63, 3.8) is 0 Å². The molecule has 0 amide bonds. The fourth-order valence-corrected chi connectivity index (χ4v) is 1.45. The van der Waals surface area contributed by atoms with Gasteiger partial charge in [-0.3, -0.25) is 0 Å². The van der Waals surface area contributed by atoms with Gasteiger partial charge in [0.2, 0.25) is 0 Å². The van der Waals surface area contributed by atoms with Gasteiger partial charge in [-0.05, 0) is 25.3 Å². The number of hydrogen-bond acceptors (Lipinski definition) is 4. The fourth-order valence-electron chi connectivity index (χ4n) is 1.45. The summed E-state index contributed by atoms with van der Waals surface area (Å²) in [6.45, 7) is 2.98. The van der Waals surface area contributed by atoms with Crippen LogP contribution in [0.5, 0.6) is 0 Å². The molecule has 0 radical (unpaired) electrons. The fraction of sp³-hybridized carbons (Fsp3) is 1.00. The Kier molecular flexibility index (Phi) is 5.31. The highest BCUT2D eigenvalue weighted by Crippen LogP contribution is 2.14. The maximum atomic E-state index is 9.01. The number of hydrogen-bond donors (Lipinski definition) is 3. The summed E-state index contributed by atoms with van der Waals surface area (Å²) in [5.74, 6) is 0.679. The zero-order valence-corrected chi connectivity index (χ0v) is 7.91. The van der Waals surface area contributed by atoms with E-state index in [1.54, 1.807) is 0 Å². The second-order valence-electron chi connectivity index (χ2n) is 3.56. The molecular weight excluding hydrogens is 170 g/mol. The Labute approximate surface area is 78.9 Å². The monoisotopic (exact) mass is 189 g/mol. The molecule has 1 rings (SSSR count).